The van der Waals surface area contributed by atoms with Crippen molar-refractivity contribution in [1.29, 1.82) is 0 Å². The number of nitrogens with zero attached hydrogens (tertiary/aromatic N) is 2. The number of thioether (sulfide) groups is 1. The molecule has 1 aromatic carbocycles. The van der Waals surface area contributed by atoms with E-state index in [0.29, 0.717) is 15.9 Å². The van der Waals surface area contributed by atoms with Crippen molar-refractivity contribution in [3.05, 3.63) is 57.0 Å². The number of methoxy groups -OCH3 is 1. The zero-order chi connectivity index (χ0) is 17.0. The molecule has 1 heterocycles. The first kappa shape index (κ1) is 17.6. The van der Waals surface area contributed by atoms with E-state index in [1.807, 2.05) is 38.1 Å². The molecule has 0 aliphatic heterocycles. The zero-order valence-corrected chi connectivity index (χ0v) is 14.6. The molecule has 0 spiro atoms. The highest BCUT2D eigenvalue weighted by Crippen LogP contribution is 2.23. The second kappa shape index (κ2) is 7.66. The predicted octanol–water partition coefficient (Wildman–Crippen LogP) is 3.56. The van der Waals surface area contributed by atoms with E-state index < -0.39 is 5.97 Å². The van der Waals surface area contributed by atoms with Gasteiger partial charge in [-0.25, -0.2) is 9.78 Å². The first-order chi connectivity index (χ1) is 10.9. The van der Waals surface area contributed by atoms with Gasteiger partial charge in [0, 0.05) is 16.8 Å². The summed E-state index contributed by atoms with van der Waals surface area (Å²) in [5, 5.41) is 1.24. The summed E-state index contributed by atoms with van der Waals surface area (Å²) in [6.07, 6.45) is 1.28. The van der Waals surface area contributed by atoms with Gasteiger partial charge in [0.25, 0.3) is 5.56 Å². The normalized spacial score (nSPS) is 10.8. The van der Waals surface area contributed by atoms with Crippen molar-refractivity contribution in [2.75, 3.05) is 7.11 Å². The number of benzene rings is 1. The minimum Gasteiger partial charge on any atom is -0.465 e. The fourth-order valence-corrected chi connectivity index (χ4v) is 3.17. The smallest absolute Gasteiger partial charge is 0.345 e. The Morgan fingerprint density at radius 3 is 2.57 bits per heavy atom. The lowest BCUT2D eigenvalue weighted by Crippen LogP contribution is -2.30. The van der Waals surface area contributed by atoms with Gasteiger partial charge in [0.2, 0.25) is 0 Å². The molecule has 5 nitrogen and oxygen atoms in total. The van der Waals surface area contributed by atoms with Crippen LogP contribution in [0.25, 0.3) is 0 Å². The zero-order valence-electron chi connectivity index (χ0n) is 13.1. The van der Waals surface area contributed by atoms with E-state index in [9.17, 15) is 9.59 Å². The van der Waals surface area contributed by atoms with Crippen molar-refractivity contribution in [3.63, 3.8) is 0 Å². The van der Waals surface area contributed by atoms with Crippen molar-refractivity contribution in [1.82, 2.24) is 9.55 Å². The molecule has 0 aliphatic carbocycles. The monoisotopic (exact) mass is 352 g/mol. The van der Waals surface area contributed by atoms with Gasteiger partial charge in [-0.3, -0.25) is 9.36 Å². The molecule has 122 valence electrons. The summed E-state index contributed by atoms with van der Waals surface area (Å²) < 4.78 is 6.13. The summed E-state index contributed by atoms with van der Waals surface area (Å²) in [6, 6.07) is 7.38. The highest BCUT2D eigenvalue weighted by molar-refractivity contribution is 7.98. The van der Waals surface area contributed by atoms with Crippen molar-refractivity contribution >= 4 is 29.3 Å². The van der Waals surface area contributed by atoms with Crippen LogP contribution in [-0.4, -0.2) is 22.6 Å². The third kappa shape index (κ3) is 4.14. The summed E-state index contributed by atoms with van der Waals surface area (Å²) in [5.41, 5.74) is 0.624. The first-order valence-electron chi connectivity index (χ1n) is 7.01. The lowest BCUT2D eigenvalue weighted by molar-refractivity contribution is 0.0596. The molecule has 0 amide bonds. The topological polar surface area (TPSA) is 61.2 Å². The fourth-order valence-electron chi connectivity index (χ4n) is 1.99. The number of aromatic nitrogens is 2. The summed E-state index contributed by atoms with van der Waals surface area (Å²) in [4.78, 5) is 28.4. The van der Waals surface area contributed by atoms with Crippen molar-refractivity contribution in [2.45, 2.75) is 30.8 Å². The number of rotatable bonds is 5. The van der Waals surface area contributed by atoms with Crippen molar-refractivity contribution in [3.8, 4) is 0 Å². The molecule has 0 aliphatic rings. The largest absolute Gasteiger partial charge is 0.465 e. The van der Waals surface area contributed by atoms with Gasteiger partial charge in [-0.2, -0.15) is 0 Å². The second-order valence-electron chi connectivity index (χ2n) is 5.13. The Bertz CT molecular complexity index is 757. The lowest BCUT2D eigenvalue weighted by Gasteiger charge is -2.15. The maximum atomic E-state index is 12.5. The summed E-state index contributed by atoms with van der Waals surface area (Å²) in [6.45, 7) is 3.74. The van der Waals surface area contributed by atoms with E-state index in [-0.39, 0.29) is 17.2 Å². The van der Waals surface area contributed by atoms with Crippen LogP contribution in [0.4, 0.5) is 0 Å². The van der Waals surface area contributed by atoms with Gasteiger partial charge in [-0.05, 0) is 31.5 Å². The molecule has 2 rings (SSSR count). The second-order valence-corrected chi connectivity index (χ2v) is 6.51. The van der Waals surface area contributed by atoms with Gasteiger partial charge in [-0.1, -0.05) is 35.5 Å². The highest BCUT2D eigenvalue weighted by Gasteiger charge is 2.18. The summed E-state index contributed by atoms with van der Waals surface area (Å²) >= 11 is 7.30. The standard InChI is InChI=1S/C16H17ClN2O3S/c1-10(2)19-14(20)13(15(21)22-3)8-18-16(19)23-9-11-4-6-12(17)7-5-11/h4-8,10H,9H2,1-3H3. The third-order valence-electron chi connectivity index (χ3n) is 3.16. The van der Waals surface area contributed by atoms with E-state index in [1.165, 1.54) is 29.6 Å². The van der Waals surface area contributed by atoms with Crippen LogP contribution in [0.2, 0.25) is 5.02 Å². The molecular formula is C16H17ClN2O3S. The third-order valence-corrected chi connectivity index (χ3v) is 4.45. The number of carbonyl (C=O) groups is 1. The van der Waals surface area contributed by atoms with E-state index in [0.717, 1.165) is 5.56 Å². The maximum Gasteiger partial charge on any atom is 0.345 e. The Labute approximate surface area is 143 Å². The predicted molar refractivity (Wildman–Crippen MR) is 91.2 cm³/mol. The van der Waals surface area contributed by atoms with E-state index in [2.05, 4.69) is 9.72 Å². The summed E-state index contributed by atoms with van der Waals surface area (Å²) in [7, 11) is 1.24. The van der Waals surface area contributed by atoms with Crippen molar-refractivity contribution in [2.24, 2.45) is 0 Å². The molecule has 2 aromatic rings. The van der Waals surface area contributed by atoms with Gasteiger partial charge in [0.15, 0.2) is 5.16 Å². The van der Waals surface area contributed by atoms with Crippen LogP contribution in [-0.2, 0) is 10.5 Å². The van der Waals surface area contributed by atoms with Gasteiger partial charge in [0.1, 0.15) is 5.56 Å². The van der Waals surface area contributed by atoms with Crippen LogP contribution >= 0.6 is 23.4 Å². The molecule has 0 atom stereocenters. The fraction of sp³-hybridized carbons (Fsp3) is 0.312. The van der Waals surface area contributed by atoms with Crippen molar-refractivity contribution < 1.29 is 9.53 Å². The molecular weight excluding hydrogens is 336 g/mol. The van der Waals surface area contributed by atoms with E-state index >= 15 is 0 Å². The number of hydrogen-bond donors (Lipinski definition) is 0. The number of hydrogen-bond acceptors (Lipinski definition) is 5. The molecule has 0 saturated carbocycles. The van der Waals surface area contributed by atoms with Crippen LogP contribution < -0.4 is 5.56 Å². The van der Waals surface area contributed by atoms with Crippen LogP contribution in [0, 0.1) is 0 Å². The molecule has 0 unspecified atom stereocenters. The molecule has 0 bridgehead atoms. The molecule has 23 heavy (non-hydrogen) atoms. The quantitative estimate of drug-likeness (QED) is 0.468. The SMILES string of the molecule is COC(=O)c1cnc(SCc2ccc(Cl)cc2)n(C(C)C)c1=O. The van der Waals surface area contributed by atoms with Gasteiger partial charge < -0.3 is 4.74 Å². The minimum absolute atomic E-state index is 0.0583. The van der Waals surface area contributed by atoms with E-state index in [4.69, 9.17) is 11.6 Å². The molecule has 0 N–H and O–H groups in total. The Kier molecular flexibility index (Phi) is 5.85. The number of ether oxygens (including phenoxy) is 1. The highest BCUT2D eigenvalue weighted by atomic mass is 35.5. The average molecular weight is 353 g/mol. The van der Waals surface area contributed by atoms with Crippen LogP contribution in [0.1, 0.15) is 35.8 Å². The van der Waals surface area contributed by atoms with Crippen LogP contribution in [0.3, 0.4) is 0 Å². The first-order valence-corrected chi connectivity index (χ1v) is 8.37. The number of carbonyl (C=O) groups excluding carboxylic acids is 1. The minimum atomic E-state index is -0.675. The van der Waals surface area contributed by atoms with Crippen LogP contribution in [0.5, 0.6) is 0 Å². The molecule has 0 radical (unpaired) electrons. The molecule has 0 fully saturated rings. The number of esters is 1. The maximum absolute atomic E-state index is 12.5. The Hall–Kier alpha value is -1.79. The number of halogens is 1. The Morgan fingerprint density at radius 1 is 1.35 bits per heavy atom. The van der Waals surface area contributed by atoms with Crippen LogP contribution in [0.15, 0.2) is 40.4 Å². The Balaban J connectivity index is 2.31. The molecule has 7 heteroatoms. The van der Waals surface area contributed by atoms with Gasteiger partial charge in [-0.15, -0.1) is 0 Å². The van der Waals surface area contributed by atoms with Gasteiger partial charge in [0.05, 0.1) is 13.3 Å². The summed E-state index contributed by atoms with van der Waals surface area (Å²) in [5.74, 6) is -0.0281. The van der Waals surface area contributed by atoms with E-state index in [1.54, 1.807) is 0 Å². The van der Waals surface area contributed by atoms with Gasteiger partial charge >= 0.3 is 5.97 Å². The Morgan fingerprint density at radius 2 is 2.00 bits per heavy atom. The lowest BCUT2D eigenvalue weighted by atomic mass is 10.2. The molecule has 1 aromatic heterocycles. The molecule has 0 saturated heterocycles. The average Bonchev–Trinajstić information content (AvgIpc) is 2.53.